The number of carbonyl (C=O) groups is 1. The van der Waals surface area contributed by atoms with Gasteiger partial charge in [0, 0.05) is 16.2 Å². The maximum Gasteiger partial charge on any atom is 0.419 e. The zero-order valence-electron chi connectivity index (χ0n) is 12.9. The van der Waals surface area contributed by atoms with Crippen LogP contribution in [0, 0.1) is 5.82 Å². The van der Waals surface area contributed by atoms with Gasteiger partial charge in [0.15, 0.2) is 0 Å². The summed E-state index contributed by atoms with van der Waals surface area (Å²) in [4.78, 5) is 17.0. The van der Waals surface area contributed by atoms with E-state index in [0.717, 1.165) is 5.39 Å². The number of fused-ring (bicyclic) bond motifs is 5. The van der Waals surface area contributed by atoms with Crippen LogP contribution < -0.4 is 5.73 Å². The minimum Gasteiger partial charge on any atom is -0.449 e. The Morgan fingerprint density at radius 2 is 2.00 bits per heavy atom. The number of ether oxygens (including phenoxy) is 1. The number of para-hydroxylation sites is 1. The van der Waals surface area contributed by atoms with Gasteiger partial charge in [0.05, 0.1) is 23.2 Å². The Morgan fingerprint density at radius 1 is 1.21 bits per heavy atom. The van der Waals surface area contributed by atoms with Crippen molar-refractivity contribution in [3.63, 3.8) is 0 Å². The van der Waals surface area contributed by atoms with E-state index >= 15 is 0 Å². The van der Waals surface area contributed by atoms with Gasteiger partial charge >= 0.3 is 6.09 Å². The third-order valence-corrected chi connectivity index (χ3v) is 4.04. The van der Waals surface area contributed by atoms with Crippen LogP contribution in [0.5, 0.6) is 0 Å². The van der Waals surface area contributed by atoms with Crippen molar-refractivity contribution in [3.05, 3.63) is 48.3 Å². The second-order valence-electron chi connectivity index (χ2n) is 5.44. The smallest absolute Gasteiger partial charge is 0.419 e. The number of carbonyl (C=O) groups excluding carboxylic acids is 1. The zero-order chi connectivity index (χ0) is 16.8. The van der Waals surface area contributed by atoms with Gasteiger partial charge in [-0.2, -0.15) is 0 Å². The van der Waals surface area contributed by atoms with Gasteiger partial charge in [-0.15, -0.1) is 0 Å². The number of pyridine rings is 1. The summed E-state index contributed by atoms with van der Waals surface area (Å²) in [6, 6.07) is 11.6. The van der Waals surface area contributed by atoms with Crippen molar-refractivity contribution in [2.45, 2.75) is 6.92 Å². The van der Waals surface area contributed by atoms with Crippen LogP contribution >= 0.6 is 0 Å². The fourth-order valence-corrected chi connectivity index (χ4v) is 3.08. The Kier molecular flexibility index (Phi) is 3.13. The van der Waals surface area contributed by atoms with Crippen molar-refractivity contribution in [1.82, 2.24) is 9.55 Å². The van der Waals surface area contributed by atoms with Gasteiger partial charge in [0.2, 0.25) is 0 Å². The Hall–Kier alpha value is -3.15. The number of benzene rings is 2. The molecule has 0 unspecified atom stereocenters. The molecule has 0 aliphatic carbocycles. The Morgan fingerprint density at radius 3 is 2.79 bits per heavy atom. The average molecular weight is 323 g/mol. The van der Waals surface area contributed by atoms with Gasteiger partial charge in [0.1, 0.15) is 11.6 Å². The highest BCUT2D eigenvalue weighted by Gasteiger charge is 2.21. The molecule has 0 fully saturated rings. The highest BCUT2D eigenvalue weighted by molar-refractivity contribution is 6.20. The van der Waals surface area contributed by atoms with Crippen LogP contribution in [0.4, 0.5) is 15.0 Å². The van der Waals surface area contributed by atoms with Crippen LogP contribution in [0.2, 0.25) is 0 Å². The normalized spacial score (nSPS) is 11.4. The predicted molar refractivity (Wildman–Crippen MR) is 91.5 cm³/mol. The summed E-state index contributed by atoms with van der Waals surface area (Å²) < 4.78 is 20.5. The molecule has 0 saturated heterocycles. The second-order valence-corrected chi connectivity index (χ2v) is 5.44. The van der Waals surface area contributed by atoms with Crippen LogP contribution in [-0.2, 0) is 4.74 Å². The van der Waals surface area contributed by atoms with E-state index < -0.39 is 11.9 Å². The molecular formula is C18H14FN3O2. The van der Waals surface area contributed by atoms with Crippen molar-refractivity contribution in [3.8, 4) is 0 Å². The number of aromatic nitrogens is 2. The molecule has 2 aromatic carbocycles. The summed E-state index contributed by atoms with van der Waals surface area (Å²) in [7, 11) is 0. The van der Waals surface area contributed by atoms with Gasteiger partial charge < -0.3 is 10.5 Å². The van der Waals surface area contributed by atoms with Crippen molar-refractivity contribution in [1.29, 1.82) is 0 Å². The lowest BCUT2D eigenvalue weighted by Crippen LogP contribution is -2.13. The molecule has 0 aliphatic rings. The Bertz CT molecular complexity index is 1120. The number of rotatable bonds is 1. The average Bonchev–Trinajstić information content (AvgIpc) is 2.90. The molecule has 2 aromatic heterocycles. The van der Waals surface area contributed by atoms with E-state index in [-0.39, 0.29) is 6.61 Å². The van der Waals surface area contributed by atoms with Crippen LogP contribution in [-0.4, -0.2) is 22.3 Å². The quantitative estimate of drug-likeness (QED) is 0.573. The van der Waals surface area contributed by atoms with Gasteiger partial charge in [-0.05, 0) is 31.2 Å². The molecule has 2 heterocycles. The first-order valence-electron chi connectivity index (χ1n) is 7.57. The van der Waals surface area contributed by atoms with Crippen molar-refractivity contribution < 1.29 is 13.9 Å². The van der Waals surface area contributed by atoms with Crippen molar-refractivity contribution in [2.75, 3.05) is 12.3 Å². The molecular weight excluding hydrogens is 309 g/mol. The summed E-state index contributed by atoms with van der Waals surface area (Å²) in [6.07, 6.45) is -0.527. The van der Waals surface area contributed by atoms with Crippen LogP contribution in [0.1, 0.15) is 6.92 Å². The topological polar surface area (TPSA) is 70.1 Å². The largest absolute Gasteiger partial charge is 0.449 e. The summed E-state index contributed by atoms with van der Waals surface area (Å²) in [5.41, 5.74) is 7.74. The fourth-order valence-electron chi connectivity index (χ4n) is 3.08. The molecule has 0 amide bonds. The number of nitrogen functional groups attached to an aromatic ring is 1. The van der Waals surface area contributed by atoms with Gasteiger partial charge in [-0.1, -0.05) is 18.2 Å². The number of halogens is 1. The van der Waals surface area contributed by atoms with Gasteiger partial charge in [-0.3, -0.25) is 0 Å². The molecule has 2 N–H and O–H groups in total. The Balaban J connectivity index is 2.29. The lowest BCUT2D eigenvalue weighted by molar-refractivity contribution is 0.156. The summed E-state index contributed by atoms with van der Waals surface area (Å²) in [6.45, 7) is 1.97. The Labute approximate surface area is 136 Å². The molecule has 24 heavy (non-hydrogen) atoms. The number of hydrogen-bond donors (Lipinski definition) is 1. The third-order valence-electron chi connectivity index (χ3n) is 4.04. The van der Waals surface area contributed by atoms with E-state index in [1.807, 2.05) is 18.2 Å². The molecule has 0 radical (unpaired) electrons. The maximum absolute atomic E-state index is 13.8. The van der Waals surface area contributed by atoms with E-state index in [9.17, 15) is 9.18 Å². The molecule has 120 valence electrons. The number of anilines is 1. The van der Waals surface area contributed by atoms with E-state index in [1.54, 1.807) is 19.1 Å². The molecule has 4 rings (SSSR count). The summed E-state index contributed by atoms with van der Waals surface area (Å²) >= 11 is 0. The molecule has 0 bridgehead atoms. The summed E-state index contributed by atoms with van der Waals surface area (Å²) in [5, 5.41) is 1.89. The van der Waals surface area contributed by atoms with E-state index in [4.69, 9.17) is 10.5 Å². The molecule has 0 atom stereocenters. The highest BCUT2D eigenvalue weighted by atomic mass is 19.1. The fraction of sp³-hybridized carbons (Fsp3) is 0.111. The number of nitrogens with zero attached hydrogens (tertiary/aromatic N) is 2. The lowest BCUT2D eigenvalue weighted by atomic mass is 10.1. The minimum absolute atomic E-state index is 0.238. The SMILES string of the molecule is CCOC(=O)n1c2ccccc2c2nc(N)c3ccc(F)cc3c21. The van der Waals surface area contributed by atoms with Crippen LogP contribution in [0.3, 0.4) is 0 Å². The molecule has 0 aliphatic heterocycles. The minimum atomic E-state index is -0.527. The summed E-state index contributed by atoms with van der Waals surface area (Å²) in [5.74, 6) is -0.112. The van der Waals surface area contributed by atoms with Gasteiger partial charge in [0.25, 0.3) is 0 Å². The van der Waals surface area contributed by atoms with Crippen LogP contribution in [0.25, 0.3) is 32.7 Å². The molecule has 5 nitrogen and oxygen atoms in total. The second kappa shape index (κ2) is 5.19. The number of nitrogens with two attached hydrogens (primary N) is 1. The lowest BCUT2D eigenvalue weighted by Gasteiger charge is -2.09. The molecule has 6 heteroatoms. The van der Waals surface area contributed by atoms with Crippen molar-refractivity contribution >= 4 is 44.6 Å². The first-order chi connectivity index (χ1) is 11.6. The van der Waals surface area contributed by atoms with Gasteiger partial charge in [-0.25, -0.2) is 18.7 Å². The number of hydrogen-bond acceptors (Lipinski definition) is 4. The maximum atomic E-state index is 13.8. The molecule has 0 spiro atoms. The monoisotopic (exact) mass is 323 g/mol. The van der Waals surface area contributed by atoms with E-state index in [2.05, 4.69) is 4.98 Å². The highest BCUT2D eigenvalue weighted by Crippen LogP contribution is 2.35. The molecule has 0 saturated carbocycles. The van der Waals surface area contributed by atoms with E-state index in [1.165, 1.54) is 16.7 Å². The molecule has 4 aromatic rings. The first-order valence-corrected chi connectivity index (χ1v) is 7.57. The zero-order valence-corrected chi connectivity index (χ0v) is 12.9. The standard InChI is InChI=1S/C18H14FN3O2/c1-2-24-18(23)22-14-6-4-3-5-12(14)15-16(22)13-9-10(19)7-8-11(13)17(20)21-15/h3-9H,2H2,1H3,(H2,20,21). The predicted octanol–water partition coefficient (Wildman–Crippen LogP) is 4.07. The first kappa shape index (κ1) is 14.4. The third kappa shape index (κ3) is 1.93. The van der Waals surface area contributed by atoms with Crippen molar-refractivity contribution in [2.24, 2.45) is 0 Å². The van der Waals surface area contributed by atoms with Crippen LogP contribution in [0.15, 0.2) is 42.5 Å². The van der Waals surface area contributed by atoms with E-state index in [0.29, 0.717) is 33.1 Å².